The van der Waals surface area contributed by atoms with Gasteiger partial charge in [-0.25, -0.2) is 4.39 Å². The number of rotatable bonds is 4. The van der Waals surface area contributed by atoms with Crippen LogP contribution in [0, 0.1) is 5.82 Å². The van der Waals surface area contributed by atoms with E-state index in [9.17, 15) is 4.39 Å². The number of thioether (sulfide) groups is 1. The fraction of sp³-hybridized carbons (Fsp3) is 0.200. The Hall–Kier alpha value is -0.990. The van der Waals surface area contributed by atoms with Gasteiger partial charge in [0.2, 0.25) is 0 Å². The highest BCUT2D eigenvalue weighted by Crippen LogP contribution is 2.32. The Balaban J connectivity index is 2.22. The first-order valence-corrected chi connectivity index (χ1v) is 7.39. The summed E-state index contributed by atoms with van der Waals surface area (Å²) in [6.07, 6.45) is 2.53. The Morgan fingerprint density at radius 3 is 2.50 bits per heavy atom. The molecule has 0 bridgehead atoms. The molecule has 3 heteroatoms. The second-order valence-electron chi connectivity index (χ2n) is 4.01. The fourth-order valence-corrected chi connectivity index (χ4v) is 2.97. The minimum Gasteiger partial charge on any atom is -0.207 e. The van der Waals surface area contributed by atoms with Gasteiger partial charge in [0, 0.05) is 4.90 Å². The van der Waals surface area contributed by atoms with Crippen molar-refractivity contribution in [1.82, 2.24) is 0 Å². The van der Waals surface area contributed by atoms with Gasteiger partial charge < -0.3 is 0 Å². The Kier molecular flexibility index (Phi) is 4.67. The lowest BCUT2D eigenvalue weighted by atomic mass is 10.0. The van der Waals surface area contributed by atoms with Gasteiger partial charge in [-0.2, -0.15) is 0 Å². The normalized spacial score (nSPS) is 12.4. The molecule has 2 aromatic carbocycles. The molecule has 0 radical (unpaired) electrons. The molecule has 0 heterocycles. The summed E-state index contributed by atoms with van der Waals surface area (Å²) in [5.41, 5.74) is 1.73. The van der Waals surface area contributed by atoms with Gasteiger partial charge in [0.05, 0.1) is 5.38 Å². The van der Waals surface area contributed by atoms with Gasteiger partial charge in [0.25, 0.3) is 0 Å². The highest BCUT2D eigenvalue weighted by molar-refractivity contribution is 7.98. The zero-order chi connectivity index (χ0) is 13.0. The van der Waals surface area contributed by atoms with Crippen molar-refractivity contribution < 1.29 is 4.39 Å². The lowest BCUT2D eigenvalue weighted by Gasteiger charge is -2.14. The zero-order valence-electron chi connectivity index (χ0n) is 10.1. The van der Waals surface area contributed by atoms with E-state index in [-0.39, 0.29) is 11.2 Å². The molecule has 0 aliphatic carbocycles. The molecule has 2 rings (SSSR count). The third kappa shape index (κ3) is 3.06. The minimum absolute atomic E-state index is 0.190. The number of halogens is 2. The Bertz CT molecular complexity index is 527. The van der Waals surface area contributed by atoms with Crippen molar-refractivity contribution in [2.45, 2.75) is 16.7 Å². The Morgan fingerprint density at radius 2 is 1.78 bits per heavy atom. The van der Waals surface area contributed by atoms with E-state index < -0.39 is 0 Å². The molecule has 18 heavy (non-hydrogen) atoms. The van der Waals surface area contributed by atoms with Crippen molar-refractivity contribution in [3.8, 4) is 0 Å². The van der Waals surface area contributed by atoms with Gasteiger partial charge in [0.15, 0.2) is 0 Å². The summed E-state index contributed by atoms with van der Waals surface area (Å²) in [4.78, 5) is 1.15. The van der Waals surface area contributed by atoms with Crippen LogP contribution in [0.25, 0.3) is 0 Å². The first-order valence-electron chi connectivity index (χ1n) is 5.72. The maximum atomic E-state index is 13.6. The second-order valence-corrected chi connectivity index (χ2v) is 5.38. The summed E-state index contributed by atoms with van der Waals surface area (Å²) in [6.45, 7) is 0. The monoisotopic (exact) mass is 280 g/mol. The van der Waals surface area contributed by atoms with Crippen molar-refractivity contribution in [1.29, 1.82) is 0 Å². The largest absolute Gasteiger partial charge is 0.207 e. The standard InChI is InChI=1S/C15H14ClFS/c1-18-15-9-5-3-7-12(15)13(16)10-11-6-2-4-8-14(11)17/h2-9,13H,10H2,1H3. The highest BCUT2D eigenvalue weighted by Gasteiger charge is 2.14. The van der Waals surface area contributed by atoms with Gasteiger partial charge in [-0.15, -0.1) is 23.4 Å². The molecule has 0 aliphatic heterocycles. The summed E-state index contributed by atoms with van der Waals surface area (Å²) in [7, 11) is 0. The lowest BCUT2D eigenvalue weighted by Crippen LogP contribution is -1.99. The predicted octanol–water partition coefficient (Wildman–Crippen LogP) is 5.07. The molecular weight excluding hydrogens is 267 g/mol. The van der Waals surface area contributed by atoms with Crippen LogP contribution >= 0.6 is 23.4 Å². The van der Waals surface area contributed by atoms with Crippen LogP contribution in [0.1, 0.15) is 16.5 Å². The van der Waals surface area contributed by atoms with Crippen LogP contribution in [-0.2, 0) is 6.42 Å². The van der Waals surface area contributed by atoms with Gasteiger partial charge in [0.1, 0.15) is 5.82 Å². The minimum atomic E-state index is -0.203. The SMILES string of the molecule is CSc1ccccc1C(Cl)Cc1ccccc1F. The number of hydrogen-bond acceptors (Lipinski definition) is 1. The first kappa shape index (κ1) is 13.4. The smallest absolute Gasteiger partial charge is 0.126 e. The molecule has 0 aliphatic rings. The third-order valence-corrected chi connectivity index (χ3v) is 4.03. The van der Waals surface area contributed by atoms with Crippen molar-refractivity contribution in [2.75, 3.05) is 6.26 Å². The molecule has 2 aromatic rings. The maximum absolute atomic E-state index is 13.6. The van der Waals surface area contributed by atoms with Crippen molar-refractivity contribution >= 4 is 23.4 Å². The molecule has 0 aromatic heterocycles. The van der Waals surface area contributed by atoms with Crippen LogP contribution in [0.5, 0.6) is 0 Å². The number of hydrogen-bond donors (Lipinski definition) is 0. The van der Waals surface area contributed by atoms with E-state index in [0.717, 1.165) is 10.5 Å². The van der Waals surface area contributed by atoms with E-state index in [1.54, 1.807) is 23.9 Å². The molecule has 0 N–H and O–H groups in total. The van der Waals surface area contributed by atoms with Crippen LogP contribution in [0.15, 0.2) is 53.4 Å². The van der Waals surface area contributed by atoms with Gasteiger partial charge in [-0.3, -0.25) is 0 Å². The topological polar surface area (TPSA) is 0 Å². The number of alkyl halides is 1. The number of benzene rings is 2. The molecule has 0 nitrogen and oxygen atoms in total. The molecular formula is C15H14ClFS. The molecule has 0 spiro atoms. The van der Waals surface area contributed by atoms with Gasteiger partial charge in [-0.1, -0.05) is 36.4 Å². The maximum Gasteiger partial charge on any atom is 0.126 e. The summed E-state index contributed by atoms with van der Waals surface area (Å²) >= 11 is 8.08. The van der Waals surface area contributed by atoms with Gasteiger partial charge >= 0.3 is 0 Å². The average Bonchev–Trinajstić information content (AvgIpc) is 2.41. The van der Waals surface area contributed by atoms with E-state index in [1.807, 2.05) is 36.6 Å². The van der Waals surface area contributed by atoms with Crippen molar-refractivity contribution in [2.24, 2.45) is 0 Å². The average molecular weight is 281 g/mol. The molecule has 0 fully saturated rings. The Labute approximate surface area is 116 Å². The van der Waals surface area contributed by atoms with Crippen LogP contribution in [0.2, 0.25) is 0 Å². The van der Waals surface area contributed by atoms with E-state index in [2.05, 4.69) is 0 Å². The van der Waals surface area contributed by atoms with Gasteiger partial charge in [-0.05, 0) is 35.9 Å². The highest BCUT2D eigenvalue weighted by atomic mass is 35.5. The van der Waals surface area contributed by atoms with Crippen molar-refractivity contribution in [3.63, 3.8) is 0 Å². The predicted molar refractivity (Wildman–Crippen MR) is 76.9 cm³/mol. The van der Waals surface area contributed by atoms with E-state index in [4.69, 9.17) is 11.6 Å². The molecule has 0 amide bonds. The molecule has 0 saturated carbocycles. The third-order valence-electron chi connectivity index (χ3n) is 2.83. The van der Waals surface area contributed by atoms with E-state index >= 15 is 0 Å². The Morgan fingerprint density at radius 1 is 1.11 bits per heavy atom. The van der Waals surface area contributed by atoms with Crippen LogP contribution in [0.3, 0.4) is 0 Å². The molecule has 1 atom stereocenters. The summed E-state index contributed by atoms with van der Waals surface area (Å²) in [5.74, 6) is -0.190. The second kappa shape index (κ2) is 6.26. The first-order chi connectivity index (χ1) is 8.72. The molecule has 1 unspecified atom stereocenters. The van der Waals surface area contributed by atoms with Crippen LogP contribution in [-0.4, -0.2) is 6.26 Å². The van der Waals surface area contributed by atoms with E-state index in [0.29, 0.717) is 12.0 Å². The van der Waals surface area contributed by atoms with Crippen LogP contribution < -0.4 is 0 Å². The summed E-state index contributed by atoms with van der Waals surface area (Å²) in [6, 6.07) is 14.8. The summed E-state index contributed by atoms with van der Waals surface area (Å²) in [5, 5.41) is -0.203. The van der Waals surface area contributed by atoms with Crippen molar-refractivity contribution in [3.05, 3.63) is 65.5 Å². The molecule has 0 saturated heterocycles. The zero-order valence-corrected chi connectivity index (χ0v) is 11.6. The summed E-state index contributed by atoms with van der Waals surface area (Å²) < 4.78 is 13.6. The van der Waals surface area contributed by atoms with Crippen LogP contribution in [0.4, 0.5) is 4.39 Å². The van der Waals surface area contributed by atoms with E-state index in [1.165, 1.54) is 6.07 Å². The fourth-order valence-electron chi connectivity index (χ4n) is 1.89. The molecule has 94 valence electrons. The quantitative estimate of drug-likeness (QED) is 0.556. The lowest BCUT2D eigenvalue weighted by molar-refractivity contribution is 0.607.